The molecule has 0 bridgehead atoms. The van der Waals surface area contributed by atoms with Gasteiger partial charge in [0.1, 0.15) is 5.03 Å². The number of hydrogen-bond donors (Lipinski definition) is 0. The van der Waals surface area contributed by atoms with Crippen molar-refractivity contribution in [3.05, 3.63) is 59.3 Å². The van der Waals surface area contributed by atoms with Gasteiger partial charge in [-0.25, -0.2) is 9.78 Å². The highest BCUT2D eigenvalue weighted by Gasteiger charge is 2.27. The second-order valence-corrected chi connectivity index (χ2v) is 7.15. The Balaban J connectivity index is 1.71. The number of nitrogens with zero attached hydrogens (tertiary/aromatic N) is 2. The summed E-state index contributed by atoms with van der Waals surface area (Å²) >= 11 is 1.73. The SMILES string of the molecule is CCOC(=O)N1CCC(=C2c3ccccc3Sc3ncccc32)CC1. The average Bonchev–Trinajstić information content (AvgIpc) is 2.66. The van der Waals surface area contributed by atoms with E-state index in [-0.39, 0.29) is 6.09 Å². The Labute approximate surface area is 151 Å². The number of hydrogen-bond acceptors (Lipinski definition) is 4. The summed E-state index contributed by atoms with van der Waals surface area (Å²) in [6, 6.07) is 12.7. The molecule has 3 heterocycles. The average molecular weight is 352 g/mol. The van der Waals surface area contributed by atoms with Gasteiger partial charge < -0.3 is 9.64 Å². The van der Waals surface area contributed by atoms with Crippen molar-refractivity contribution in [1.82, 2.24) is 9.88 Å². The number of aromatic nitrogens is 1. The van der Waals surface area contributed by atoms with Crippen LogP contribution >= 0.6 is 11.8 Å². The van der Waals surface area contributed by atoms with E-state index in [0.717, 1.165) is 17.9 Å². The molecule has 1 aromatic heterocycles. The Morgan fingerprint density at radius 3 is 2.72 bits per heavy atom. The highest BCUT2D eigenvalue weighted by molar-refractivity contribution is 7.99. The summed E-state index contributed by atoms with van der Waals surface area (Å²) < 4.78 is 5.13. The van der Waals surface area contributed by atoms with Crippen molar-refractivity contribution in [2.45, 2.75) is 29.7 Å². The van der Waals surface area contributed by atoms with Crippen molar-refractivity contribution in [3.63, 3.8) is 0 Å². The number of fused-ring (bicyclic) bond motifs is 2. The first kappa shape index (κ1) is 16.2. The first-order chi connectivity index (χ1) is 12.3. The fourth-order valence-corrected chi connectivity index (χ4v) is 4.51. The lowest BCUT2D eigenvalue weighted by Gasteiger charge is -2.31. The maximum absolute atomic E-state index is 12.0. The molecule has 0 saturated carbocycles. The molecule has 2 aromatic rings. The van der Waals surface area contributed by atoms with Crippen molar-refractivity contribution >= 4 is 23.4 Å². The Hall–Kier alpha value is -2.27. The Morgan fingerprint density at radius 2 is 1.92 bits per heavy atom. The molecule has 0 spiro atoms. The van der Waals surface area contributed by atoms with Gasteiger partial charge in [-0.1, -0.05) is 41.6 Å². The van der Waals surface area contributed by atoms with Crippen LogP contribution in [0, 0.1) is 0 Å². The van der Waals surface area contributed by atoms with Crippen LogP contribution in [0.5, 0.6) is 0 Å². The molecule has 0 radical (unpaired) electrons. The number of amides is 1. The van der Waals surface area contributed by atoms with Crippen LogP contribution in [0.3, 0.4) is 0 Å². The van der Waals surface area contributed by atoms with E-state index in [1.54, 1.807) is 16.7 Å². The Kier molecular flexibility index (Phi) is 4.49. The van der Waals surface area contributed by atoms with E-state index in [1.807, 2.05) is 19.2 Å². The van der Waals surface area contributed by atoms with Gasteiger partial charge in [0.05, 0.1) is 6.61 Å². The molecule has 4 rings (SSSR count). The Bertz CT molecular complexity index is 790. The van der Waals surface area contributed by atoms with Crippen LogP contribution in [0.4, 0.5) is 4.79 Å². The monoisotopic (exact) mass is 352 g/mol. The second kappa shape index (κ2) is 6.92. The van der Waals surface area contributed by atoms with Gasteiger partial charge in [0.25, 0.3) is 0 Å². The number of carbonyl (C=O) groups is 1. The van der Waals surface area contributed by atoms with Crippen molar-refractivity contribution in [2.75, 3.05) is 19.7 Å². The number of carbonyl (C=O) groups excluding carboxylic acids is 1. The lowest BCUT2D eigenvalue weighted by molar-refractivity contribution is 0.104. The molecule has 0 atom stereocenters. The van der Waals surface area contributed by atoms with Gasteiger partial charge >= 0.3 is 6.09 Å². The van der Waals surface area contributed by atoms with Gasteiger partial charge in [0.2, 0.25) is 0 Å². The van der Waals surface area contributed by atoms with Gasteiger partial charge in [-0.05, 0) is 43.0 Å². The summed E-state index contributed by atoms with van der Waals surface area (Å²) in [7, 11) is 0. The number of ether oxygens (including phenoxy) is 1. The number of piperidine rings is 1. The number of likely N-dealkylation sites (tertiary alicyclic amines) is 1. The van der Waals surface area contributed by atoms with E-state index < -0.39 is 0 Å². The highest BCUT2D eigenvalue weighted by Crippen LogP contribution is 2.46. The molecular formula is C20H20N2O2S. The first-order valence-corrected chi connectivity index (χ1v) is 9.46. The zero-order chi connectivity index (χ0) is 17.2. The molecule has 1 saturated heterocycles. The molecule has 1 amide bonds. The summed E-state index contributed by atoms with van der Waals surface area (Å²) in [6.07, 6.45) is 3.40. The predicted octanol–water partition coefficient (Wildman–Crippen LogP) is 4.60. The standard InChI is InChI=1S/C20H20N2O2S/c1-2-24-20(23)22-12-9-14(10-13-22)18-15-6-3-4-8-17(15)25-19-16(18)7-5-11-21-19/h3-8,11H,2,9-10,12-13H2,1H3. The molecule has 4 nitrogen and oxygen atoms in total. The first-order valence-electron chi connectivity index (χ1n) is 8.64. The molecule has 1 aromatic carbocycles. The summed E-state index contributed by atoms with van der Waals surface area (Å²) in [5.41, 5.74) is 5.21. The third kappa shape index (κ3) is 3.04. The lowest BCUT2D eigenvalue weighted by Crippen LogP contribution is -2.37. The molecule has 0 N–H and O–H groups in total. The topological polar surface area (TPSA) is 42.4 Å². The van der Waals surface area contributed by atoms with Gasteiger partial charge in [-0.15, -0.1) is 0 Å². The number of pyridine rings is 1. The summed E-state index contributed by atoms with van der Waals surface area (Å²) in [5.74, 6) is 0. The quantitative estimate of drug-likeness (QED) is 0.642. The third-order valence-corrected chi connectivity index (χ3v) is 5.74. The molecule has 1 fully saturated rings. The van der Waals surface area contributed by atoms with E-state index in [0.29, 0.717) is 19.7 Å². The van der Waals surface area contributed by atoms with Gasteiger partial charge in [-0.2, -0.15) is 0 Å². The minimum atomic E-state index is -0.201. The van der Waals surface area contributed by atoms with Gasteiger partial charge in [0.15, 0.2) is 0 Å². The molecular weight excluding hydrogens is 332 g/mol. The molecule has 5 heteroatoms. The maximum atomic E-state index is 12.0. The van der Waals surface area contributed by atoms with Crippen molar-refractivity contribution in [3.8, 4) is 0 Å². The van der Waals surface area contributed by atoms with Crippen LogP contribution in [-0.2, 0) is 4.74 Å². The molecule has 0 aliphatic carbocycles. The van der Waals surface area contributed by atoms with Crippen LogP contribution in [-0.4, -0.2) is 35.7 Å². The summed E-state index contributed by atoms with van der Waals surface area (Å²) in [5, 5.41) is 1.07. The van der Waals surface area contributed by atoms with E-state index in [1.165, 1.54) is 27.2 Å². The van der Waals surface area contributed by atoms with Crippen molar-refractivity contribution in [1.29, 1.82) is 0 Å². The van der Waals surface area contributed by atoms with Crippen LogP contribution in [0.15, 0.2) is 58.1 Å². The summed E-state index contributed by atoms with van der Waals surface area (Å²) in [6.45, 7) is 3.69. The van der Waals surface area contributed by atoms with E-state index in [4.69, 9.17) is 4.74 Å². The number of rotatable bonds is 1. The normalized spacial score (nSPS) is 16.3. The fourth-order valence-electron chi connectivity index (χ4n) is 3.48. The predicted molar refractivity (Wildman–Crippen MR) is 98.7 cm³/mol. The molecule has 128 valence electrons. The smallest absolute Gasteiger partial charge is 0.409 e. The van der Waals surface area contributed by atoms with Crippen LogP contribution in [0.2, 0.25) is 0 Å². The van der Waals surface area contributed by atoms with Crippen molar-refractivity contribution in [2.24, 2.45) is 0 Å². The van der Waals surface area contributed by atoms with Gasteiger partial charge in [-0.3, -0.25) is 0 Å². The van der Waals surface area contributed by atoms with E-state index >= 15 is 0 Å². The van der Waals surface area contributed by atoms with E-state index in [9.17, 15) is 4.79 Å². The second-order valence-electron chi connectivity index (χ2n) is 6.12. The van der Waals surface area contributed by atoms with Gasteiger partial charge in [0, 0.05) is 29.7 Å². The minimum absolute atomic E-state index is 0.201. The molecule has 2 aliphatic rings. The Morgan fingerprint density at radius 1 is 1.16 bits per heavy atom. The number of benzene rings is 1. The fraction of sp³-hybridized carbons (Fsp3) is 0.300. The zero-order valence-electron chi connectivity index (χ0n) is 14.2. The molecule has 25 heavy (non-hydrogen) atoms. The molecule has 2 aliphatic heterocycles. The lowest BCUT2D eigenvalue weighted by atomic mass is 9.89. The molecule has 0 unspecified atom stereocenters. The summed E-state index contributed by atoms with van der Waals surface area (Å²) in [4.78, 5) is 19.6. The van der Waals surface area contributed by atoms with Crippen LogP contribution in [0.25, 0.3) is 5.57 Å². The highest BCUT2D eigenvalue weighted by atomic mass is 32.2. The largest absolute Gasteiger partial charge is 0.450 e. The van der Waals surface area contributed by atoms with Crippen molar-refractivity contribution < 1.29 is 9.53 Å². The van der Waals surface area contributed by atoms with E-state index in [2.05, 4.69) is 35.3 Å². The minimum Gasteiger partial charge on any atom is -0.450 e. The van der Waals surface area contributed by atoms with Crippen LogP contribution in [0.1, 0.15) is 30.9 Å². The maximum Gasteiger partial charge on any atom is 0.409 e. The van der Waals surface area contributed by atoms with Crippen LogP contribution < -0.4 is 0 Å². The zero-order valence-corrected chi connectivity index (χ0v) is 15.0. The third-order valence-electron chi connectivity index (χ3n) is 4.65.